The molecular weight excluding hydrogens is 405 g/mol. The molecule has 0 aliphatic heterocycles. The average Bonchev–Trinajstić information content (AvgIpc) is 2.68. The second kappa shape index (κ2) is 8.86. The Hall–Kier alpha value is -2.25. The number of carboxylic acids is 1. The van der Waals surface area contributed by atoms with Crippen LogP contribution in [0.5, 0.6) is 0 Å². The largest absolute Gasteiger partial charge is 0.481 e. The summed E-state index contributed by atoms with van der Waals surface area (Å²) in [4.78, 5) is 11.3. The zero-order valence-electron chi connectivity index (χ0n) is 17.4. The number of hydrogen-bond acceptors (Lipinski definition) is 3. The van der Waals surface area contributed by atoms with E-state index in [4.69, 9.17) is 0 Å². The molecule has 3 rings (SSSR count). The normalized spacial score (nSPS) is 16.5. The van der Waals surface area contributed by atoms with Crippen LogP contribution >= 0.6 is 0 Å². The molecule has 1 aliphatic carbocycles. The first-order valence-electron chi connectivity index (χ1n) is 10.2. The molecule has 0 bridgehead atoms. The van der Waals surface area contributed by atoms with E-state index in [0.717, 1.165) is 19.3 Å². The number of halogens is 1. The summed E-state index contributed by atoms with van der Waals surface area (Å²) in [6, 6.07) is 5.44. The van der Waals surface area contributed by atoms with Crippen LogP contribution in [-0.4, -0.2) is 30.8 Å². The number of nitrogens with one attached hydrogen (secondary N) is 1. The van der Waals surface area contributed by atoms with E-state index >= 15 is 0 Å². The Morgan fingerprint density at radius 1 is 1.27 bits per heavy atom. The zero-order chi connectivity index (χ0) is 22.1. The highest BCUT2D eigenvalue weighted by atomic mass is 32.2. The molecule has 1 aliphatic rings. The molecule has 0 heterocycles. The lowest BCUT2D eigenvalue weighted by atomic mass is 9.87. The molecule has 1 fully saturated rings. The number of carbonyl (C=O) groups is 1. The van der Waals surface area contributed by atoms with Gasteiger partial charge in [0.1, 0.15) is 5.82 Å². The molecule has 1 saturated carbocycles. The van der Waals surface area contributed by atoms with Gasteiger partial charge >= 0.3 is 5.97 Å². The van der Waals surface area contributed by atoms with Crippen LogP contribution in [0.3, 0.4) is 0 Å². The summed E-state index contributed by atoms with van der Waals surface area (Å²) in [5.41, 5.74) is 2.36. The SMILES string of the molecule is C=C(c1c(C)c(CC(=O)O)cc2ccc(F)cc12)C(C)NS(=O)(=O)C1CCCCC1. The summed E-state index contributed by atoms with van der Waals surface area (Å²) in [7, 11) is -3.52. The van der Waals surface area contributed by atoms with Crippen LogP contribution in [0.15, 0.2) is 30.8 Å². The summed E-state index contributed by atoms with van der Waals surface area (Å²) in [5, 5.41) is 10.1. The highest BCUT2D eigenvalue weighted by Crippen LogP contribution is 2.33. The van der Waals surface area contributed by atoms with Crippen molar-refractivity contribution in [3.63, 3.8) is 0 Å². The van der Waals surface area contributed by atoms with E-state index in [1.807, 2.05) is 0 Å². The summed E-state index contributed by atoms with van der Waals surface area (Å²) in [6.45, 7) is 7.61. The van der Waals surface area contributed by atoms with Crippen LogP contribution in [0.25, 0.3) is 16.3 Å². The fraction of sp³-hybridized carbons (Fsp3) is 0.435. The number of fused-ring (bicyclic) bond motifs is 1. The molecule has 2 aromatic carbocycles. The Kier molecular flexibility index (Phi) is 6.62. The molecule has 0 amide bonds. The third-order valence-corrected chi connectivity index (χ3v) is 8.02. The molecule has 0 saturated heterocycles. The Bertz CT molecular complexity index is 1090. The van der Waals surface area contributed by atoms with Gasteiger partial charge in [-0.25, -0.2) is 17.5 Å². The first kappa shape index (κ1) is 22.4. The quantitative estimate of drug-likeness (QED) is 0.670. The van der Waals surface area contributed by atoms with Crippen molar-refractivity contribution in [3.05, 3.63) is 53.4 Å². The van der Waals surface area contributed by atoms with Gasteiger partial charge in [-0.3, -0.25) is 4.79 Å². The van der Waals surface area contributed by atoms with Gasteiger partial charge in [0.15, 0.2) is 0 Å². The maximum absolute atomic E-state index is 14.0. The number of aliphatic carboxylic acids is 1. The van der Waals surface area contributed by atoms with Gasteiger partial charge < -0.3 is 5.11 Å². The maximum atomic E-state index is 14.0. The van der Waals surface area contributed by atoms with Crippen molar-refractivity contribution in [2.24, 2.45) is 0 Å². The van der Waals surface area contributed by atoms with Crippen molar-refractivity contribution in [1.82, 2.24) is 4.72 Å². The third kappa shape index (κ3) is 4.73. The summed E-state index contributed by atoms with van der Waals surface area (Å²) in [5.74, 6) is -1.39. The van der Waals surface area contributed by atoms with E-state index in [2.05, 4.69) is 11.3 Å². The van der Waals surface area contributed by atoms with Gasteiger partial charge in [0.05, 0.1) is 11.7 Å². The van der Waals surface area contributed by atoms with Crippen molar-refractivity contribution in [2.75, 3.05) is 0 Å². The predicted octanol–water partition coefficient (Wildman–Crippen LogP) is 4.57. The van der Waals surface area contributed by atoms with Crippen LogP contribution < -0.4 is 4.72 Å². The van der Waals surface area contributed by atoms with E-state index < -0.39 is 33.1 Å². The molecule has 0 aromatic heterocycles. The number of sulfonamides is 1. The number of benzene rings is 2. The van der Waals surface area contributed by atoms with Crippen LogP contribution in [0, 0.1) is 12.7 Å². The van der Waals surface area contributed by atoms with Crippen molar-refractivity contribution in [1.29, 1.82) is 0 Å². The van der Waals surface area contributed by atoms with E-state index in [1.54, 1.807) is 26.0 Å². The van der Waals surface area contributed by atoms with Crippen molar-refractivity contribution < 1.29 is 22.7 Å². The molecule has 0 radical (unpaired) electrons. The summed E-state index contributed by atoms with van der Waals surface area (Å²) in [6.07, 6.45) is 3.98. The lowest BCUT2D eigenvalue weighted by Gasteiger charge is -2.26. The van der Waals surface area contributed by atoms with Crippen LogP contribution in [0.2, 0.25) is 0 Å². The minimum absolute atomic E-state index is 0.179. The van der Waals surface area contributed by atoms with Gasteiger partial charge in [0.2, 0.25) is 10.0 Å². The molecule has 2 aromatic rings. The van der Waals surface area contributed by atoms with Gasteiger partial charge in [-0.1, -0.05) is 38.0 Å². The molecular formula is C23H28FNO4S. The van der Waals surface area contributed by atoms with Crippen molar-refractivity contribution in [2.45, 2.75) is 63.7 Å². The topological polar surface area (TPSA) is 83.5 Å². The maximum Gasteiger partial charge on any atom is 0.307 e. The molecule has 1 atom stereocenters. The fourth-order valence-electron chi connectivity index (χ4n) is 4.30. The van der Waals surface area contributed by atoms with E-state index in [1.165, 1.54) is 12.1 Å². The zero-order valence-corrected chi connectivity index (χ0v) is 18.2. The second-order valence-electron chi connectivity index (χ2n) is 8.14. The Morgan fingerprint density at radius 3 is 2.57 bits per heavy atom. The predicted molar refractivity (Wildman–Crippen MR) is 117 cm³/mol. The molecule has 0 spiro atoms. The minimum atomic E-state index is -3.52. The molecule has 2 N–H and O–H groups in total. The van der Waals surface area contributed by atoms with Gasteiger partial charge in [0.25, 0.3) is 0 Å². The summed E-state index contributed by atoms with van der Waals surface area (Å²) < 4.78 is 42.5. The molecule has 30 heavy (non-hydrogen) atoms. The first-order valence-corrected chi connectivity index (χ1v) is 11.8. The first-order chi connectivity index (χ1) is 14.1. The van der Waals surface area contributed by atoms with Gasteiger partial charge in [-0.2, -0.15) is 0 Å². The van der Waals surface area contributed by atoms with Crippen LogP contribution in [0.4, 0.5) is 4.39 Å². The molecule has 1 unspecified atom stereocenters. The Labute approximate surface area is 177 Å². The molecule has 5 nitrogen and oxygen atoms in total. The number of rotatable bonds is 7. The Balaban J connectivity index is 2.01. The standard InChI is InChI=1S/C23H28FNO4S/c1-14(16(3)25-30(28,29)20-7-5-4-6-8-20)23-15(2)18(12-22(26)27)11-17-9-10-19(24)13-21(17)23/h9-11,13,16,20,25H,1,4-8,12H2,2-3H3,(H,26,27). The number of carboxylic acid groups (broad SMARTS) is 1. The van der Waals surface area contributed by atoms with Crippen molar-refractivity contribution in [3.8, 4) is 0 Å². The highest BCUT2D eigenvalue weighted by molar-refractivity contribution is 7.90. The molecule has 7 heteroatoms. The monoisotopic (exact) mass is 433 g/mol. The second-order valence-corrected chi connectivity index (χ2v) is 10.1. The van der Waals surface area contributed by atoms with Crippen LogP contribution in [0.1, 0.15) is 55.7 Å². The van der Waals surface area contributed by atoms with E-state index in [-0.39, 0.29) is 6.42 Å². The minimum Gasteiger partial charge on any atom is -0.481 e. The van der Waals surface area contributed by atoms with Crippen LogP contribution in [-0.2, 0) is 21.2 Å². The summed E-state index contributed by atoms with van der Waals surface area (Å²) >= 11 is 0. The molecule has 162 valence electrons. The van der Waals surface area contributed by atoms with Crippen molar-refractivity contribution >= 4 is 32.3 Å². The highest BCUT2D eigenvalue weighted by Gasteiger charge is 2.29. The lowest BCUT2D eigenvalue weighted by Crippen LogP contribution is -2.41. The van der Waals surface area contributed by atoms with Gasteiger partial charge in [-0.05, 0) is 71.9 Å². The van der Waals surface area contributed by atoms with E-state index in [9.17, 15) is 22.7 Å². The number of hydrogen-bond donors (Lipinski definition) is 2. The Morgan fingerprint density at radius 2 is 1.93 bits per heavy atom. The smallest absolute Gasteiger partial charge is 0.307 e. The third-order valence-electron chi connectivity index (χ3n) is 5.99. The van der Waals surface area contributed by atoms with E-state index in [0.29, 0.717) is 45.9 Å². The average molecular weight is 434 g/mol. The fourth-order valence-corrected chi connectivity index (χ4v) is 6.08. The lowest BCUT2D eigenvalue weighted by molar-refractivity contribution is -0.136. The van der Waals surface area contributed by atoms with Gasteiger partial charge in [-0.15, -0.1) is 0 Å². The van der Waals surface area contributed by atoms with Gasteiger partial charge in [0, 0.05) is 6.04 Å².